The van der Waals surface area contributed by atoms with Gasteiger partial charge in [0.15, 0.2) is 6.61 Å². The zero-order chi connectivity index (χ0) is 22.4. The first kappa shape index (κ1) is 22.0. The van der Waals surface area contributed by atoms with E-state index >= 15 is 0 Å². The molecule has 0 aromatic heterocycles. The summed E-state index contributed by atoms with van der Waals surface area (Å²) in [5.41, 5.74) is 0.382. The van der Waals surface area contributed by atoms with E-state index in [1.807, 2.05) is 12.2 Å². The van der Waals surface area contributed by atoms with Crippen molar-refractivity contribution in [2.45, 2.75) is 26.3 Å². The number of imide groups is 1. The zero-order valence-electron chi connectivity index (χ0n) is 17.0. The topological polar surface area (TPSA) is 92.8 Å². The number of halogens is 2. The summed E-state index contributed by atoms with van der Waals surface area (Å²) in [6.45, 7) is 2.94. The molecule has 1 aliphatic heterocycles. The second kappa shape index (κ2) is 8.39. The maximum absolute atomic E-state index is 13.0. The van der Waals surface area contributed by atoms with Gasteiger partial charge in [-0.1, -0.05) is 53.5 Å². The molecule has 1 aromatic carbocycles. The molecule has 2 bridgehead atoms. The Morgan fingerprint density at radius 1 is 1.19 bits per heavy atom. The van der Waals surface area contributed by atoms with Gasteiger partial charge in [0.25, 0.3) is 5.91 Å². The van der Waals surface area contributed by atoms with E-state index in [0.717, 1.165) is 15.8 Å². The standard InChI is InChI=1S/C22H22BrClN2O5/c1-10(2)19(26-20(28)17-11-3-4-12(7-11)18(17)21(26)29)22(30)31-9-16(27)25-15-6-5-13(23)8-14(15)24/h3-6,8,10-12,17-19H,7,9H2,1-2H3,(H,25,27)/t11-,12-,17-,18+,19-/m0/s1. The van der Waals surface area contributed by atoms with Gasteiger partial charge in [-0.05, 0) is 42.4 Å². The molecule has 9 heteroatoms. The number of nitrogens with zero attached hydrogens (tertiary/aromatic N) is 1. The molecule has 0 unspecified atom stereocenters. The highest BCUT2D eigenvalue weighted by Gasteiger charge is 2.61. The molecule has 31 heavy (non-hydrogen) atoms. The van der Waals surface area contributed by atoms with E-state index in [1.165, 1.54) is 0 Å². The van der Waals surface area contributed by atoms with Gasteiger partial charge in [0.05, 0.1) is 22.5 Å². The van der Waals surface area contributed by atoms with Crippen molar-refractivity contribution in [3.8, 4) is 0 Å². The number of carbonyl (C=O) groups excluding carboxylic acids is 4. The van der Waals surface area contributed by atoms with Crippen LogP contribution in [0.15, 0.2) is 34.8 Å². The molecule has 5 atom stereocenters. The number of ether oxygens (including phenoxy) is 1. The Labute approximate surface area is 193 Å². The number of hydrogen-bond donors (Lipinski definition) is 1. The van der Waals surface area contributed by atoms with Crippen LogP contribution in [-0.4, -0.2) is 41.2 Å². The molecular weight excluding hydrogens is 488 g/mol. The van der Waals surface area contributed by atoms with E-state index in [-0.39, 0.29) is 41.4 Å². The molecule has 0 radical (unpaired) electrons. The first-order valence-electron chi connectivity index (χ1n) is 10.2. The number of amides is 3. The average molecular weight is 510 g/mol. The fourth-order valence-electron chi connectivity index (χ4n) is 4.87. The van der Waals surface area contributed by atoms with Gasteiger partial charge in [0, 0.05) is 4.47 Å². The van der Waals surface area contributed by atoms with Crippen molar-refractivity contribution in [2.24, 2.45) is 29.6 Å². The van der Waals surface area contributed by atoms with E-state index in [4.69, 9.17) is 16.3 Å². The molecule has 1 saturated carbocycles. The van der Waals surface area contributed by atoms with Gasteiger partial charge in [0.1, 0.15) is 6.04 Å². The Morgan fingerprint density at radius 3 is 2.35 bits per heavy atom. The first-order valence-corrected chi connectivity index (χ1v) is 11.3. The van der Waals surface area contributed by atoms with Crippen LogP contribution in [-0.2, 0) is 23.9 Å². The van der Waals surface area contributed by atoms with Crippen molar-refractivity contribution < 1.29 is 23.9 Å². The number of fused-ring (bicyclic) bond motifs is 5. The number of esters is 1. The third-order valence-electron chi connectivity index (χ3n) is 6.21. The molecule has 2 aliphatic carbocycles. The van der Waals surface area contributed by atoms with Gasteiger partial charge in [-0.15, -0.1) is 0 Å². The smallest absolute Gasteiger partial charge is 0.330 e. The van der Waals surface area contributed by atoms with Gasteiger partial charge in [-0.25, -0.2) is 4.79 Å². The Hall–Kier alpha value is -2.19. The van der Waals surface area contributed by atoms with Crippen molar-refractivity contribution in [2.75, 3.05) is 11.9 Å². The van der Waals surface area contributed by atoms with E-state index in [0.29, 0.717) is 10.7 Å². The maximum atomic E-state index is 13.0. The van der Waals surface area contributed by atoms with E-state index in [2.05, 4.69) is 21.2 Å². The minimum atomic E-state index is -1.06. The van der Waals surface area contributed by atoms with Crippen LogP contribution in [0, 0.1) is 29.6 Å². The van der Waals surface area contributed by atoms with Crippen LogP contribution in [0.1, 0.15) is 20.3 Å². The maximum Gasteiger partial charge on any atom is 0.330 e. The van der Waals surface area contributed by atoms with Crippen LogP contribution >= 0.6 is 27.5 Å². The van der Waals surface area contributed by atoms with E-state index < -0.39 is 24.5 Å². The Kier molecular flexibility index (Phi) is 5.96. The van der Waals surface area contributed by atoms with E-state index in [1.54, 1.807) is 32.0 Å². The summed E-state index contributed by atoms with van der Waals surface area (Å²) in [5, 5.41) is 2.91. The van der Waals surface area contributed by atoms with Crippen LogP contribution in [0.2, 0.25) is 5.02 Å². The van der Waals surface area contributed by atoms with Crippen LogP contribution in [0.5, 0.6) is 0 Å². The van der Waals surface area contributed by atoms with Crippen LogP contribution in [0.4, 0.5) is 5.69 Å². The fraction of sp³-hybridized carbons (Fsp3) is 0.455. The predicted octanol–water partition coefficient (Wildman–Crippen LogP) is 3.42. The number of benzene rings is 1. The lowest BCUT2D eigenvalue weighted by Crippen LogP contribution is -2.50. The third kappa shape index (κ3) is 3.91. The van der Waals surface area contributed by atoms with Gasteiger partial charge >= 0.3 is 5.97 Å². The summed E-state index contributed by atoms with van der Waals surface area (Å²) >= 11 is 9.36. The van der Waals surface area contributed by atoms with Crippen LogP contribution in [0.25, 0.3) is 0 Å². The summed E-state index contributed by atoms with van der Waals surface area (Å²) in [4.78, 5) is 52.2. The quantitative estimate of drug-likeness (QED) is 0.360. The number of likely N-dealkylation sites (tertiary alicyclic amines) is 1. The number of allylic oxidation sites excluding steroid dienone is 2. The molecule has 1 heterocycles. The predicted molar refractivity (Wildman–Crippen MR) is 117 cm³/mol. The summed E-state index contributed by atoms with van der Waals surface area (Å²) in [6, 6.07) is 3.90. The van der Waals surface area contributed by atoms with Gasteiger partial charge in [-0.2, -0.15) is 0 Å². The summed E-state index contributed by atoms with van der Waals surface area (Å²) < 4.78 is 5.96. The van der Waals surface area contributed by atoms with Crippen LogP contribution < -0.4 is 5.32 Å². The molecule has 1 N–H and O–H groups in total. The normalized spacial score (nSPS) is 27.1. The Morgan fingerprint density at radius 2 is 1.81 bits per heavy atom. The monoisotopic (exact) mass is 508 g/mol. The Balaban J connectivity index is 1.42. The Bertz CT molecular complexity index is 964. The molecule has 1 aromatic rings. The lowest BCUT2D eigenvalue weighted by molar-refractivity contribution is -0.162. The van der Waals surface area contributed by atoms with Crippen molar-refractivity contribution in [3.63, 3.8) is 0 Å². The lowest BCUT2D eigenvalue weighted by Gasteiger charge is -2.28. The highest BCUT2D eigenvalue weighted by molar-refractivity contribution is 9.10. The molecule has 0 spiro atoms. The van der Waals surface area contributed by atoms with Crippen molar-refractivity contribution in [3.05, 3.63) is 39.8 Å². The molecule has 3 aliphatic rings. The average Bonchev–Trinajstić information content (AvgIpc) is 3.38. The van der Waals surface area contributed by atoms with Crippen LogP contribution in [0.3, 0.4) is 0 Å². The summed E-state index contributed by atoms with van der Waals surface area (Å²) in [6.07, 6.45) is 4.82. The molecular formula is C22H22BrClN2O5. The highest BCUT2D eigenvalue weighted by atomic mass is 79.9. The van der Waals surface area contributed by atoms with Gasteiger partial charge in [-0.3, -0.25) is 19.3 Å². The minimum Gasteiger partial charge on any atom is -0.454 e. The van der Waals surface area contributed by atoms with Crippen molar-refractivity contribution in [1.29, 1.82) is 0 Å². The number of rotatable bonds is 6. The molecule has 164 valence electrons. The molecule has 3 amide bonds. The molecule has 2 fully saturated rings. The highest BCUT2D eigenvalue weighted by Crippen LogP contribution is 2.53. The second-order valence-corrected chi connectivity index (χ2v) is 9.84. The number of anilines is 1. The van der Waals surface area contributed by atoms with Crippen molar-refractivity contribution >= 4 is 56.9 Å². The molecule has 1 saturated heterocycles. The molecule has 7 nitrogen and oxygen atoms in total. The number of nitrogens with one attached hydrogen (secondary N) is 1. The molecule has 4 rings (SSSR count). The number of carbonyl (C=O) groups is 4. The van der Waals surface area contributed by atoms with E-state index in [9.17, 15) is 19.2 Å². The second-order valence-electron chi connectivity index (χ2n) is 8.52. The fourth-order valence-corrected chi connectivity index (χ4v) is 5.60. The van der Waals surface area contributed by atoms with Gasteiger partial charge in [0.2, 0.25) is 11.8 Å². The largest absolute Gasteiger partial charge is 0.454 e. The van der Waals surface area contributed by atoms with Gasteiger partial charge < -0.3 is 10.1 Å². The van der Waals surface area contributed by atoms with Crippen molar-refractivity contribution in [1.82, 2.24) is 4.90 Å². The SMILES string of the molecule is CC(C)[C@@H](C(=O)OCC(=O)Nc1ccc(Br)cc1Cl)N1C(=O)[C@@H]2[C@H](C1=O)[C@H]1C=C[C@H]2C1. The zero-order valence-corrected chi connectivity index (χ0v) is 19.4. The summed E-state index contributed by atoms with van der Waals surface area (Å²) in [7, 11) is 0. The third-order valence-corrected chi connectivity index (χ3v) is 7.01. The summed E-state index contributed by atoms with van der Waals surface area (Å²) in [5.74, 6) is -2.98. The first-order chi connectivity index (χ1) is 14.7. The minimum absolute atomic E-state index is 0.0571. The number of hydrogen-bond acceptors (Lipinski definition) is 5. The lowest BCUT2D eigenvalue weighted by atomic mass is 9.85.